The van der Waals surface area contributed by atoms with Crippen LogP contribution >= 0.6 is 0 Å². The minimum Gasteiger partial charge on any atom is -0.361 e. The van der Waals surface area contributed by atoms with E-state index in [0.717, 1.165) is 38.0 Å². The molecule has 0 aromatic heterocycles. The summed E-state index contributed by atoms with van der Waals surface area (Å²) < 4.78 is 0. The van der Waals surface area contributed by atoms with Gasteiger partial charge in [0, 0.05) is 19.6 Å². The summed E-state index contributed by atoms with van der Waals surface area (Å²) >= 11 is 0. The predicted octanol–water partition coefficient (Wildman–Crippen LogP) is 1.14. The summed E-state index contributed by atoms with van der Waals surface area (Å²) in [5.41, 5.74) is 7.33. The van der Waals surface area contributed by atoms with Gasteiger partial charge in [-0.25, -0.2) is 0 Å². The highest BCUT2D eigenvalue weighted by Gasteiger charge is 2.21. The van der Waals surface area contributed by atoms with Crippen LogP contribution in [0.5, 0.6) is 0 Å². The molecule has 1 heterocycles. The van der Waals surface area contributed by atoms with Crippen molar-refractivity contribution in [3.05, 3.63) is 42.0 Å². The Bertz CT molecular complexity index is 557. The highest BCUT2D eigenvalue weighted by atomic mass is 16.2. The van der Waals surface area contributed by atoms with Crippen molar-refractivity contribution in [2.75, 3.05) is 19.6 Å². The van der Waals surface area contributed by atoms with Crippen LogP contribution in [-0.4, -0.2) is 36.3 Å². The van der Waals surface area contributed by atoms with Gasteiger partial charge in [-0.1, -0.05) is 36.9 Å². The number of piperidine rings is 1. The molecule has 5 heteroatoms. The number of primary amides is 1. The molecule has 0 radical (unpaired) electrons. The van der Waals surface area contributed by atoms with Crippen molar-refractivity contribution in [1.29, 1.82) is 0 Å². The van der Waals surface area contributed by atoms with Crippen LogP contribution in [0.2, 0.25) is 0 Å². The number of carbonyl (C=O) groups is 2. The van der Waals surface area contributed by atoms with Gasteiger partial charge >= 0.3 is 11.8 Å². The summed E-state index contributed by atoms with van der Waals surface area (Å²) in [5, 5.41) is 2.60. The number of hydrogen-bond donors (Lipinski definition) is 2. The molecule has 2 amide bonds. The van der Waals surface area contributed by atoms with Gasteiger partial charge in [-0.2, -0.15) is 0 Å². The average Bonchev–Trinajstić information content (AvgIpc) is 2.53. The number of amides is 2. The first kappa shape index (κ1) is 16.2. The third-order valence-electron chi connectivity index (χ3n) is 3.97. The molecule has 0 saturated carbocycles. The molecule has 2 rings (SSSR count). The fourth-order valence-electron chi connectivity index (χ4n) is 2.86. The third kappa shape index (κ3) is 4.70. The van der Waals surface area contributed by atoms with E-state index in [4.69, 9.17) is 5.73 Å². The molecule has 1 atom stereocenters. The Balaban J connectivity index is 1.86. The lowest BCUT2D eigenvalue weighted by Crippen LogP contribution is -2.43. The lowest BCUT2D eigenvalue weighted by atomic mass is 9.97. The third-order valence-corrected chi connectivity index (χ3v) is 3.97. The van der Waals surface area contributed by atoms with Gasteiger partial charge < -0.3 is 11.1 Å². The fourth-order valence-corrected chi connectivity index (χ4v) is 2.86. The Morgan fingerprint density at radius 3 is 3.00 bits per heavy atom. The van der Waals surface area contributed by atoms with E-state index in [-0.39, 0.29) is 0 Å². The average molecular weight is 301 g/mol. The SMILES string of the molecule is C=Cc1cccc(CN2CCC[C@H](CNC(=O)C(N)=O)C2)c1. The molecule has 0 spiro atoms. The van der Waals surface area contributed by atoms with E-state index in [1.165, 1.54) is 5.56 Å². The van der Waals surface area contributed by atoms with Crippen molar-refractivity contribution in [3.63, 3.8) is 0 Å². The zero-order valence-corrected chi connectivity index (χ0v) is 12.8. The number of likely N-dealkylation sites (tertiary alicyclic amines) is 1. The molecule has 118 valence electrons. The minimum absolute atomic E-state index is 0.361. The topological polar surface area (TPSA) is 75.4 Å². The number of nitrogens with zero attached hydrogens (tertiary/aromatic N) is 1. The van der Waals surface area contributed by atoms with Gasteiger partial charge in [-0.15, -0.1) is 0 Å². The summed E-state index contributed by atoms with van der Waals surface area (Å²) in [6.07, 6.45) is 4.00. The second kappa shape index (κ2) is 7.75. The van der Waals surface area contributed by atoms with Crippen LogP contribution in [0.25, 0.3) is 6.08 Å². The maximum atomic E-state index is 11.2. The number of rotatable bonds is 5. The molecule has 5 nitrogen and oxygen atoms in total. The highest BCUT2D eigenvalue weighted by molar-refractivity contribution is 6.34. The summed E-state index contributed by atoms with van der Waals surface area (Å²) in [6, 6.07) is 8.34. The van der Waals surface area contributed by atoms with Gasteiger partial charge in [-0.3, -0.25) is 14.5 Å². The second-order valence-corrected chi connectivity index (χ2v) is 5.77. The zero-order valence-electron chi connectivity index (χ0n) is 12.8. The quantitative estimate of drug-likeness (QED) is 0.801. The molecule has 1 aromatic carbocycles. The number of nitrogens with two attached hydrogens (primary N) is 1. The molecule has 1 aliphatic heterocycles. The van der Waals surface area contributed by atoms with Gasteiger partial charge in [0.15, 0.2) is 0 Å². The number of carbonyl (C=O) groups excluding carboxylic acids is 2. The molecule has 1 aromatic rings. The smallest absolute Gasteiger partial charge is 0.309 e. The molecule has 0 bridgehead atoms. The number of nitrogens with one attached hydrogen (secondary N) is 1. The van der Waals surface area contributed by atoms with E-state index in [9.17, 15) is 9.59 Å². The highest BCUT2D eigenvalue weighted by Crippen LogP contribution is 2.18. The molecule has 1 aliphatic rings. The first-order valence-electron chi connectivity index (χ1n) is 7.60. The fraction of sp³-hybridized carbons (Fsp3) is 0.412. The molecule has 0 aliphatic carbocycles. The van der Waals surface area contributed by atoms with Crippen molar-refractivity contribution >= 4 is 17.9 Å². The van der Waals surface area contributed by atoms with Gasteiger partial charge in [0.2, 0.25) is 0 Å². The monoisotopic (exact) mass is 301 g/mol. The van der Waals surface area contributed by atoms with Crippen LogP contribution < -0.4 is 11.1 Å². The predicted molar refractivity (Wildman–Crippen MR) is 86.7 cm³/mol. The minimum atomic E-state index is -0.922. The second-order valence-electron chi connectivity index (χ2n) is 5.77. The van der Waals surface area contributed by atoms with Crippen LogP contribution in [0.3, 0.4) is 0 Å². The standard InChI is InChI=1S/C17H23N3O2/c1-2-13-5-3-6-14(9-13)11-20-8-4-7-15(12-20)10-19-17(22)16(18)21/h2-3,5-6,9,15H,1,4,7-8,10-12H2,(H2,18,21)(H,19,22)/t15-/m1/s1. The largest absolute Gasteiger partial charge is 0.361 e. The number of benzene rings is 1. The van der Waals surface area contributed by atoms with Crippen molar-refractivity contribution in [3.8, 4) is 0 Å². The Morgan fingerprint density at radius 2 is 2.27 bits per heavy atom. The van der Waals surface area contributed by atoms with Crippen molar-refractivity contribution in [1.82, 2.24) is 10.2 Å². The van der Waals surface area contributed by atoms with E-state index in [1.54, 1.807) is 0 Å². The summed E-state index contributed by atoms with van der Waals surface area (Å²) in [4.78, 5) is 24.3. The summed E-state index contributed by atoms with van der Waals surface area (Å²) in [6.45, 7) is 7.16. The Kier molecular flexibility index (Phi) is 5.72. The van der Waals surface area contributed by atoms with Gasteiger partial charge in [-0.05, 0) is 36.4 Å². The molecule has 1 saturated heterocycles. The molecule has 1 fully saturated rings. The summed E-state index contributed by atoms with van der Waals surface area (Å²) in [5.74, 6) is -1.26. The van der Waals surface area contributed by atoms with Crippen LogP contribution in [0.4, 0.5) is 0 Å². The number of hydrogen-bond acceptors (Lipinski definition) is 3. The van der Waals surface area contributed by atoms with Crippen LogP contribution in [0.15, 0.2) is 30.8 Å². The van der Waals surface area contributed by atoms with Gasteiger partial charge in [0.25, 0.3) is 0 Å². The van der Waals surface area contributed by atoms with Crippen molar-refractivity contribution in [2.45, 2.75) is 19.4 Å². The van der Waals surface area contributed by atoms with Crippen LogP contribution in [0, 0.1) is 5.92 Å². The lowest BCUT2D eigenvalue weighted by Gasteiger charge is -2.32. The normalized spacial score (nSPS) is 18.6. The van der Waals surface area contributed by atoms with Crippen LogP contribution in [0.1, 0.15) is 24.0 Å². The van der Waals surface area contributed by atoms with E-state index >= 15 is 0 Å². The van der Waals surface area contributed by atoms with E-state index in [1.807, 2.05) is 18.2 Å². The summed E-state index contributed by atoms with van der Waals surface area (Å²) in [7, 11) is 0. The van der Waals surface area contributed by atoms with Gasteiger partial charge in [0.05, 0.1) is 0 Å². The van der Waals surface area contributed by atoms with E-state index in [0.29, 0.717) is 12.5 Å². The molecule has 22 heavy (non-hydrogen) atoms. The Labute approximate surface area is 131 Å². The van der Waals surface area contributed by atoms with Crippen molar-refractivity contribution < 1.29 is 9.59 Å². The van der Waals surface area contributed by atoms with E-state index in [2.05, 4.69) is 28.9 Å². The lowest BCUT2D eigenvalue weighted by molar-refractivity contribution is -0.137. The molecular weight excluding hydrogens is 278 g/mol. The molecular formula is C17H23N3O2. The first-order valence-corrected chi connectivity index (χ1v) is 7.60. The van der Waals surface area contributed by atoms with Crippen LogP contribution in [-0.2, 0) is 16.1 Å². The maximum Gasteiger partial charge on any atom is 0.309 e. The van der Waals surface area contributed by atoms with E-state index < -0.39 is 11.8 Å². The Hall–Kier alpha value is -2.14. The zero-order chi connectivity index (χ0) is 15.9. The molecule has 3 N–H and O–H groups in total. The van der Waals surface area contributed by atoms with Gasteiger partial charge in [0.1, 0.15) is 0 Å². The molecule has 0 unspecified atom stereocenters. The maximum absolute atomic E-state index is 11.2. The first-order chi connectivity index (χ1) is 10.6. The van der Waals surface area contributed by atoms with Crippen molar-refractivity contribution in [2.24, 2.45) is 11.7 Å². The Morgan fingerprint density at radius 1 is 1.45 bits per heavy atom.